The number of carbonyl (C=O) groups is 1. The number of thiophene rings is 1. The van der Waals surface area contributed by atoms with Crippen molar-refractivity contribution in [2.24, 2.45) is 0 Å². The van der Waals surface area contributed by atoms with Crippen molar-refractivity contribution in [2.45, 2.75) is 6.92 Å². The molecule has 1 aromatic heterocycles. The lowest BCUT2D eigenvalue weighted by molar-refractivity contribution is 0.103. The van der Waals surface area contributed by atoms with E-state index in [0.717, 1.165) is 5.56 Å². The summed E-state index contributed by atoms with van der Waals surface area (Å²) < 4.78 is 13.5. The summed E-state index contributed by atoms with van der Waals surface area (Å²) in [5, 5.41) is 4.61. The monoisotopic (exact) mass is 284 g/mol. The number of nitrogen functional groups attached to an aromatic ring is 1. The minimum atomic E-state index is -0.540. The Kier molecular flexibility index (Phi) is 3.54. The smallest absolute Gasteiger partial charge is 0.267 e. The highest BCUT2D eigenvalue weighted by atomic mass is 35.5. The molecule has 1 aromatic carbocycles. The molecule has 0 unspecified atom stereocenters. The summed E-state index contributed by atoms with van der Waals surface area (Å²) in [4.78, 5) is 12.3. The van der Waals surface area contributed by atoms with E-state index in [-0.39, 0.29) is 5.69 Å². The van der Waals surface area contributed by atoms with Crippen LogP contribution in [0.4, 0.5) is 15.8 Å². The second kappa shape index (κ2) is 4.96. The van der Waals surface area contributed by atoms with E-state index >= 15 is 0 Å². The number of anilines is 2. The zero-order chi connectivity index (χ0) is 13.3. The number of nitrogens with one attached hydrogen (secondary N) is 1. The fourth-order valence-corrected chi connectivity index (χ4v) is 2.57. The fraction of sp³-hybridized carbons (Fsp3) is 0.0833. The summed E-state index contributed by atoms with van der Waals surface area (Å²) in [5.74, 6) is -0.982. The highest BCUT2D eigenvalue weighted by Gasteiger charge is 2.16. The first-order valence-corrected chi connectivity index (χ1v) is 6.34. The molecule has 1 heterocycles. The molecule has 94 valence electrons. The van der Waals surface area contributed by atoms with Crippen LogP contribution in [0.2, 0.25) is 5.02 Å². The Labute approximate surface area is 112 Å². The minimum absolute atomic E-state index is 0.0436. The molecule has 0 radical (unpaired) electrons. The van der Waals surface area contributed by atoms with Crippen LogP contribution >= 0.6 is 22.9 Å². The van der Waals surface area contributed by atoms with Gasteiger partial charge in [0, 0.05) is 5.69 Å². The number of aryl methyl sites for hydroxylation is 1. The van der Waals surface area contributed by atoms with Crippen LogP contribution in [0, 0.1) is 12.7 Å². The fourth-order valence-electron chi connectivity index (χ4n) is 1.40. The van der Waals surface area contributed by atoms with E-state index in [1.54, 1.807) is 12.3 Å². The molecule has 3 N–H and O–H groups in total. The standard InChI is InChI=1S/C12H10ClFN2OS/c1-6-5-18-11(10(6)13)12(17)16-9-4-7(15)2-3-8(9)14/h2-5H,15H2,1H3,(H,16,17). The number of rotatable bonds is 2. The van der Waals surface area contributed by atoms with E-state index in [1.165, 1.54) is 29.5 Å². The molecule has 2 aromatic rings. The number of benzene rings is 1. The molecule has 0 saturated carbocycles. The summed E-state index contributed by atoms with van der Waals surface area (Å²) in [7, 11) is 0. The van der Waals surface area contributed by atoms with Gasteiger partial charge in [-0.3, -0.25) is 4.79 Å². The van der Waals surface area contributed by atoms with Gasteiger partial charge in [0.15, 0.2) is 0 Å². The Bertz CT molecular complexity index is 612. The quantitative estimate of drug-likeness (QED) is 0.827. The van der Waals surface area contributed by atoms with Gasteiger partial charge in [-0.05, 0) is 36.1 Å². The van der Waals surface area contributed by atoms with Gasteiger partial charge in [-0.25, -0.2) is 4.39 Å². The van der Waals surface area contributed by atoms with Crippen LogP contribution in [0.1, 0.15) is 15.2 Å². The van der Waals surface area contributed by atoms with Crippen LogP contribution in [-0.2, 0) is 0 Å². The lowest BCUT2D eigenvalue weighted by Crippen LogP contribution is -2.12. The molecule has 0 atom stereocenters. The second-order valence-electron chi connectivity index (χ2n) is 3.76. The van der Waals surface area contributed by atoms with Crippen LogP contribution in [0.5, 0.6) is 0 Å². The Hall–Kier alpha value is -1.59. The van der Waals surface area contributed by atoms with Crippen LogP contribution in [-0.4, -0.2) is 5.91 Å². The summed E-state index contributed by atoms with van der Waals surface area (Å²) in [5.41, 5.74) is 6.77. The SMILES string of the molecule is Cc1csc(C(=O)Nc2cc(N)ccc2F)c1Cl. The van der Waals surface area contributed by atoms with Crippen molar-refractivity contribution in [3.63, 3.8) is 0 Å². The largest absolute Gasteiger partial charge is 0.399 e. The Morgan fingerprint density at radius 3 is 2.83 bits per heavy atom. The normalized spacial score (nSPS) is 10.4. The third-order valence-corrected chi connectivity index (χ3v) is 4.04. The molecule has 0 aliphatic carbocycles. The average molecular weight is 285 g/mol. The average Bonchev–Trinajstić information content (AvgIpc) is 2.65. The summed E-state index contributed by atoms with van der Waals surface area (Å²) in [6.45, 7) is 1.80. The molecule has 0 aliphatic heterocycles. The van der Waals surface area contributed by atoms with Gasteiger partial charge in [-0.15, -0.1) is 11.3 Å². The van der Waals surface area contributed by atoms with Crippen LogP contribution in [0.3, 0.4) is 0 Å². The maximum absolute atomic E-state index is 13.5. The first-order valence-electron chi connectivity index (χ1n) is 5.09. The van der Waals surface area contributed by atoms with Gasteiger partial charge in [0.25, 0.3) is 5.91 Å². The molecule has 2 rings (SSSR count). The van der Waals surface area contributed by atoms with E-state index in [2.05, 4.69) is 5.32 Å². The van der Waals surface area contributed by atoms with Crippen molar-refractivity contribution in [2.75, 3.05) is 11.1 Å². The van der Waals surface area contributed by atoms with Gasteiger partial charge in [0.2, 0.25) is 0 Å². The number of hydrogen-bond acceptors (Lipinski definition) is 3. The van der Waals surface area contributed by atoms with Crippen molar-refractivity contribution in [1.82, 2.24) is 0 Å². The van der Waals surface area contributed by atoms with Gasteiger partial charge in [-0.1, -0.05) is 11.6 Å². The summed E-state index contributed by atoms with van der Waals surface area (Å²) in [6, 6.07) is 3.99. The minimum Gasteiger partial charge on any atom is -0.399 e. The highest BCUT2D eigenvalue weighted by molar-refractivity contribution is 7.13. The van der Waals surface area contributed by atoms with Gasteiger partial charge in [0.05, 0.1) is 10.7 Å². The zero-order valence-electron chi connectivity index (χ0n) is 9.46. The van der Waals surface area contributed by atoms with Crippen LogP contribution in [0.15, 0.2) is 23.6 Å². The van der Waals surface area contributed by atoms with E-state index in [0.29, 0.717) is 15.6 Å². The zero-order valence-corrected chi connectivity index (χ0v) is 11.0. The maximum Gasteiger partial charge on any atom is 0.267 e. The van der Waals surface area contributed by atoms with Gasteiger partial charge < -0.3 is 11.1 Å². The maximum atomic E-state index is 13.5. The topological polar surface area (TPSA) is 55.1 Å². The van der Waals surface area contributed by atoms with Crippen molar-refractivity contribution in [3.8, 4) is 0 Å². The molecule has 18 heavy (non-hydrogen) atoms. The number of amides is 1. The lowest BCUT2D eigenvalue weighted by Gasteiger charge is -2.06. The predicted octanol–water partition coefficient (Wildman–Crippen LogP) is 3.68. The van der Waals surface area contributed by atoms with Crippen LogP contribution < -0.4 is 11.1 Å². The molecular weight excluding hydrogens is 275 g/mol. The molecule has 0 aliphatic rings. The Balaban J connectivity index is 2.27. The van der Waals surface area contributed by atoms with Gasteiger partial charge >= 0.3 is 0 Å². The lowest BCUT2D eigenvalue weighted by atomic mass is 10.2. The highest BCUT2D eigenvalue weighted by Crippen LogP contribution is 2.28. The third kappa shape index (κ3) is 2.47. The molecule has 0 fully saturated rings. The summed E-state index contributed by atoms with van der Waals surface area (Å²) in [6.07, 6.45) is 0. The number of nitrogens with two attached hydrogens (primary N) is 1. The van der Waals surface area contributed by atoms with Crippen LogP contribution in [0.25, 0.3) is 0 Å². The molecule has 0 spiro atoms. The van der Waals surface area contributed by atoms with E-state index < -0.39 is 11.7 Å². The second-order valence-corrected chi connectivity index (χ2v) is 5.01. The number of carbonyl (C=O) groups excluding carboxylic acids is 1. The molecule has 6 heteroatoms. The Morgan fingerprint density at radius 1 is 1.50 bits per heavy atom. The van der Waals surface area contributed by atoms with Crippen molar-refractivity contribution in [1.29, 1.82) is 0 Å². The number of hydrogen-bond donors (Lipinski definition) is 2. The molecule has 1 amide bonds. The van der Waals surface area contributed by atoms with Gasteiger partial charge in [-0.2, -0.15) is 0 Å². The van der Waals surface area contributed by atoms with Crippen molar-refractivity contribution in [3.05, 3.63) is 44.9 Å². The third-order valence-electron chi connectivity index (χ3n) is 2.34. The first kappa shape index (κ1) is 12.9. The van der Waals surface area contributed by atoms with E-state index in [1.807, 2.05) is 0 Å². The number of halogens is 2. The molecule has 0 bridgehead atoms. The molecule has 0 saturated heterocycles. The van der Waals surface area contributed by atoms with Crippen molar-refractivity contribution >= 4 is 40.2 Å². The predicted molar refractivity (Wildman–Crippen MR) is 72.8 cm³/mol. The molecular formula is C12H10ClFN2OS. The van der Waals surface area contributed by atoms with E-state index in [4.69, 9.17) is 17.3 Å². The molecule has 3 nitrogen and oxygen atoms in total. The van der Waals surface area contributed by atoms with Crippen molar-refractivity contribution < 1.29 is 9.18 Å². The summed E-state index contributed by atoms with van der Waals surface area (Å²) >= 11 is 7.19. The first-order chi connectivity index (χ1) is 8.49. The van der Waals surface area contributed by atoms with Gasteiger partial charge in [0.1, 0.15) is 10.7 Å². The van der Waals surface area contributed by atoms with E-state index in [9.17, 15) is 9.18 Å². The Morgan fingerprint density at radius 2 is 2.22 bits per heavy atom.